The minimum atomic E-state index is -1.14. The molecule has 0 aromatic heterocycles. The fourth-order valence-corrected chi connectivity index (χ4v) is 3.85. The first-order valence-corrected chi connectivity index (χ1v) is 10.2. The Labute approximate surface area is 169 Å². The predicted molar refractivity (Wildman–Crippen MR) is 111 cm³/mol. The van der Waals surface area contributed by atoms with E-state index in [1.54, 1.807) is 4.90 Å². The van der Waals surface area contributed by atoms with Crippen molar-refractivity contribution in [1.29, 1.82) is 0 Å². The predicted octanol–water partition coefficient (Wildman–Crippen LogP) is 2.39. The van der Waals surface area contributed by atoms with E-state index in [0.29, 0.717) is 19.1 Å². The van der Waals surface area contributed by atoms with Gasteiger partial charge in [-0.1, -0.05) is 19.9 Å². The van der Waals surface area contributed by atoms with Gasteiger partial charge >= 0.3 is 0 Å². The Hall–Kier alpha value is -1.63. The van der Waals surface area contributed by atoms with Gasteiger partial charge < -0.3 is 19.5 Å². The maximum Gasteiger partial charge on any atom is 0.248 e. The molecule has 2 rings (SSSR count). The fourth-order valence-electron chi connectivity index (χ4n) is 3.85. The number of hydrogen-bond acceptors (Lipinski definition) is 5. The van der Waals surface area contributed by atoms with Gasteiger partial charge in [0, 0.05) is 32.8 Å². The van der Waals surface area contributed by atoms with Crippen molar-refractivity contribution in [1.82, 2.24) is 9.80 Å². The number of nitrogens with zero attached hydrogens (tertiary/aromatic N) is 2. The number of carbonyl (C=O) groups is 1. The highest BCUT2D eigenvalue weighted by atomic mass is 16.5. The molecule has 1 aliphatic rings. The lowest BCUT2D eigenvalue weighted by Gasteiger charge is -2.35. The summed E-state index contributed by atoms with van der Waals surface area (Å²) in [4.78, 5) is 16.4. The lowest BCUT2D eigenvalue weighted by molar-refractivity contribution is -0.138. The molecule has 1 aromatic carbocycles. The van der Waals surface area contributed by atoms with Crippen LogP contribution in [0.1, 0.15) is 37.8 Å². The highest BCUT2D eigenvalue weighted by molar-refractivity contribution is 5.77. The lowest BCUT2D eigenvalue weighted by Crippen LogP contribution is -2.53. The minimum Gasteiger partial charge on any atom is -0.490 e. The summed E-state index contributed by atoms with van der Waals surface area (Å²) in [6, 6.07) is 6.31. The third-order valence-corrected chi connectivity index (χ3v) is 5.71. The molecule has 1 amide bonds. The van der Waals surface area contributed by atoms with Crippen molar-refractivity contribution in [3.05, 3.63) is 29.3 Å². The zero-order valence-corrected chi connectivity index (χ0v) is 18.0. The zero-order valence-electron chi connectivity index (χ0n) is 18.0. The Morgan fingerprint density at radius 3 is 2.50 bits per heavy atom. The summed E-state index contributed by atoms with van der Waals surface area (Å²) >= 11 is 0. The molecule has 1 fully saturated rings. The van der Waals surface area contributed by atoms with Gasteiger partial charge in [0.2, 0.25) is 5.91 Å². The van der Waals surface area contributed by atoms with E-state index >= 15 is 0 Å². The highest BCUT2D eigenvalue weighted by Crippen LogP contribution is 2.22. The summed E-state index contributed by atoms with van der Waals surface area (Å²) < 4.78 is 11.0. The van der Waals surface area contributed by atoms with Crippen LogP contribution in [-0.4, -0.2) is 79.0 Å². The molecule has 1 N–H and O–H groups in total. The van der Waals surface area contributed by atoms with Crippen molar-refractivity contribution in [2.45, 2.75) is 52.2 Å². The first-order valence-electron chi connectivity index (χ1n) is 10.2. The monoisotopic (exact) mass is 392 g/mol. The van der Waals surface area contributed by atoms with Crippen LogP contribution in [0.15, 0.2) is 18.2 Å². The standard InChI is InChI=1S/C22H36N2O4/c1-6-19(7-2)23-10-11-24(21(25)13-27-5)15-22(26,14-23)16-28-20-9-8-17(3)18(4)12-20/h8-9,12,19,26H,6-7,10-11,13-16H2,1-5H3/t22-/m1/s1. The van der Waals surface area contributed by atoms with Crippen LogP contribution in [0.25, 0.3) is 0 Å². The molecule has 1 aliphatic heterocycles. The molecule has 1 atom stereocenters. The number of hydrogen-bond donors (Lipinski definition) is 1. The first kappa shape index (κ1) is 22.7. The second-order valence-corrected chi connectivity index (χ2v) is 7.95. The summed E-state index contributed by atoms with van der Waals surface area (Å²) in [5.74, 6) is 0.642. The van der Waals surface area contributed by atoms with E-state index < -0.39 is 5.60 Å². The first-order chi connectivity index (χ1) is 13.3. The van der Waals surface area contributed by atoms with E-state index in [-0.39, 0.29) is 25.7 Å². The molecule has 1 heterocycles. The van der Waals surface area contributed by atoms with Gasteiger partial charge in [-0.15, -0.1) is 0 Å². The summed E-state index contributed by atoms with van der Waals surface area (Å²) in [6.07, 6.45) is 2.02. The van der Waals surface area contributed by atoms with Crippen LogP contribution < -0.4 is 4.74 Å². The highest BCUT2D eigenvalue weighted by Gasteiger charge is 2.38. The molecular formula is C22H36N2O4. The van der Waals surface area contributed by atoms with Crippen molar-refractivity contribution < 1.29 is 19.4 Å². The van der Waals surface area contributed by atoms with Crippen molar-refractivity contribution in [2.75, 3.05) is 46.5 Å². The molecule has 28 heavy (non-hydrogen) atoms. The summed E-state index contributed by atoms with van der Waals surface area (Å²) in [5.41, 5.74) is 1.22. The van der Waals surface area contributed by atoms with Gasteiger partial charge in [0.05, 0.1) is 6.54 Å². The number of ether oxygens (including phenoxy) is 2. The topological polar surface area (TPSA) is 62.2 Å². The molecule has 0 bridgehead atoms. The van der Waals surface area contributed by atoms with Gasteiger partial charge in [-0.05, 0) is 49.9 Å². The number of benzene rings is 1. The van der Waals surface area contributed by atoms with E-state index in [0.717, 1.165) is 30.7 Å². The Morgan fingerprint density at radius 2 is 1.89 bits per heavy atom. The molecule has 6 heteroatoms. The Morgan fingerprint density at radius 1 is 1.18 bits per heavy atom. The summed E-state index contributed by atoms with van der Waals surface area (Å²) in [5, 5.41) is 11.4. The van der Waals surface area contributed by atoms with Gasteiger partial charge in [-0.2, -0.15) is 0 Å². The number of carbonyl (C=O) groups excluding carboxylic acids is 1. The van der Waals surface area contributed by atoms with Crippen LogP contribution in [0.3, 0.4) is 0 Å². The molecule has 0 saturated carbocycles. The molecule has 1 saturated heterocycles. The van der Waals surface area contributed by atoms with Crippen molar-refractivity contribution >= 4 is 5.91 Å². The van der Waals surface area contributed by atoms with E-state index in [9.17, 15) is 9.90 Å². The second kappa shape index (κ2) is 10.2. The van der Waals surface area contributed by atoms with E-state index in [4.69, 9.17) is 9.47 Å². The second-order valence-electron chi connectivity index (χ2n) is 7.95. The average molecular weight is 393 g/mol. The minimum absolute atomic E-state index is 0.0269. The van der Waals surface area contributed by atoms with Gasteiger partial charge in [0.1, 0.15) is 24.6 Å². The Bertz CT molecular complexity index is 647. The average Bonchev–Trinajstić information content (AvgIpc) is 2.84. The van der Waals surface area contributed by atoms with Crippen molar-refractivity contribution in [3.8, 4) is 5.75 Å². The van der Waals surface area contributed by atoms with Crippen molar-refractivity contribution in [2.24, 2.45) is 0 Å². The number of amides is 1. The molecule has 0 aliphatic carbocycles. The molecule has 0 unspecified atom stereocenters. The molecule has 0 spiro atoms. The van der Waals surface area contributed by atoms with Crippen LogP contribution in [0.5, 0.6) is 5.75 Å². The number of rotatable bonds is 8. The molecule has 0 radical (unpaired) electrons. The number of methoxy groups -OCH3 is 1. The summed E-state index contributed by atoms with van der Waals surface area (Å²) in [6.45, 7) is 10.7. The van der Waals surface area contributed by atoms with E-state index in [1.807, 2.05) is 25.1 Å². The number of aryl methyl sites for hydroxylation is 2. The van der Waals surface area contributed by atoms with Gasteiger partial charge in [0.25, 0.3) is 0 Å². The Kier molecular flexibility index (Phi) is 8.28. The molecule has 6 nitrogen and oxygen atoms in total. The van der Waals surface area contributed by atoms with Crippen molar-refractivity contribution in [3.63, 3.8) is 0 Å². The summed E-state index contributed by atoms with van der Waals surface area (Å²) in [7, 11) is 1.52. The number of β-amino-alcohol motifs (C(OH)–C–C–N with tert-alkyl or cyclic N) is 1. The fraction of sp³-hybridized carbons (Fsp3) is 0.682. The number of aliphatic hydroxyl groups is 1. The van der Waals surface area contributed by atoms with E-state index in [2.05, 4.69) is 25.7 Å². The largest absolute Gasteiger partial charge is 0.490 e. The smallest absolute Gasteiger partial charge is 0.248 e. The maximum absolute atomic E-state index is 12.4. The zero-order chi connectivity index (χ0) is 20.7. The van der Waals surface area contributed by atoms with Crippen LogP contribution in [-0.2, 0) is 9.53 Å². The molecule has 158 valence electrons. The maximum atomic E-state index is 12.4. The quantitative estimate of drug-likeness (QED) is 0.736. The van der Waals surface area contributed by atoms with E-state index in [1.165, 1.54) is 12.7 Å². The normalized spacial score (nSPS) is 21.0. The third-order valence-electron chi connectivity index (χ3n) is 5.71. The van der Waals surface area contributed by atoms with Crippen LogP contribution in [0, 0.1) is 13.8 Å². The third kappa shape index (κ3) is 5.93. The van der Waals surface area contributed by atoms with Crippen LogP contribution in [0.4, 0.5) is 0 Å². The lowest BCUT2D eigenvalue weighted by atomic mass is 10.0. The van der Waals surface area contributed by atoms with Gasteiger partial charge in [-0.25, -0.2) is 0 Å². The van der Waals surface area contributed by atoms with Gasteiger partial charge in [0.15, 0.2) is 0 Å². The molecule has 1 aromatic rings. The van der Waals surface area contributed by atoms with Crippen LogP contribution >= 0.6 is 0 Å². The van der Waals surface area contributed by atoms with Gasteiger partial charge in [-0.3, -0.25) is 9.69 Å². The Balaban J connectivity index is 2.18. The molecular weight excluding hydrogens is 356 g/mol. The van der Waals surface area contributed by atoms with Crippen LogP contribution in [0.2, 0.25) is 0 Å². The SMILES string of the molecule is CCC(CC)N1CCN(C(=O)COC)C[C@@](O)(COc2ccc(C)c(C)c2)C1.